The quantitative estimate of drug-likeness (QED) is 0.769. The van der Waals surface area contributed by atoms with Crippen LogP contribution in [0.3, 0.4) is 0 Å². The van der Waals surface area contributed by atoms with E-state index in [0.717, 1.165) is 11.4 Å². The fraction of sp³-hybridized carbons (Fsp3) is 0.214. The first-order chi connectivity index (χ1) is 7.81. The second-order valence-corrected chi connectivity index (χ2v) is 4.23. The molecule has 16 heavy (non-hydrogen) atoms. The van der Waals surface area contributed by atoms with E-state index in [1.165, 1.54) is 11.1 Å². The summed E-state index contributed by atoms with van der Waals surface area (Å²) in [6.07, 6.45) is 4.76. The first-order valence-electron chi connectivity index (χ1n) is 5.46. The number of hydrogen-bond donors (Lipinski definition) is 0. The number of rotatable bonds is 3. The molecular formula is C14H14ClN. The fourth-order valence-electron chi connectivity index (χ4n) is 1.95. The minimum atomic E-state index is 0.431. The van der Waals surface area contributed by atoms with Gasteiger partial charge in [0.15, 0.2) is 0 Å². The van der Waals surface area contributed by atoms with Crippen molar-refractivity contribution in [1.29, 1.82) is 0 Å². The lowest BCUT2D eigenvalue weighted by Crippen LogP contribution is -1.99. The molecule has 2 rings (SSSR count). The normalized spacial score (nSPS) is 12.4. The van der Waals surface area contributed by atoms with Crippen molar-refractivity contribution in [3.8, 4) is 0 Å². The zero-order valence-corrected chi connectivity index (χ0v) is 9.98. The molecule has 0 aliphatic carbocycles. The molecule has 2 aromatic rings. The van der Waals surface area contributed by atoms with E-state index in [9.17, 15) is 0 Å². The maximum absolute atomic E-state index is 5.90. The van der Waals surface area contributed by atoms with Crippen molar-refractivity contribution in [2.45, 2.75) is 19.3 Å². The van der Waals surface area contributed by atoms with E-state index >= 15 is 0 Å². The van der Waals surface area contributed by atoms with Gasteiger partial charge in [0, 0.05) is 23.3 Å². The smallest absolute Gasteiger partial charge is 0.0406 e. The van der Waals surface area contributed by atoms with Crippen molar-refractivity contribution in [3.05, 3.63) is 64.9 Å². The molecule has 1 aromatic heterocycles. The Kier molecular flexibility index (Phi) is 3.58. The summed E-state index contributed by atoms with van der Waals surface area (Å²) in [5, 5.41) is 0.785. The molecule has 1 unspecified atom stereocenters. The molecule has 0 fully saturated rings. The molecule has 0 bridgehead atoms. The molecule has 1 nitrogen and oxygen atoms in total. The highest BCUT2D eigenvalue weighted by atomic mass is 35.5. The van der Waals surface area contributed by atoms with Gasteiger partial charge >= 0.3 is 0 Å². The Labute approximate surface area is 101 Å². The lowest BCUT2D eigenvalue weighted by molar-refractivity contribution is 0.775. The predicted molar refractivity (Wildman–Crippen MR) is 67.8 cm³/mol. The molecule has 1 atom stereocenters. The van der Waals surface area contributed by atoms with Gasteiger partial charge in [-0.05, 0) is 41.8 Å². The van der Waals surface area contributed by atoms with Crippen LogP contribution in [0, 0.1) is 0 Å². The minimum absolute atomic E-state index is 0.431. The molecule has 0 radical (unpaired) electrons. The molecule has 0 aliphatic rings. The molecule has 1 aromatic carbocycles. The summed E-state index contributed by atoms with van der Waals surface area (Å²) < 4.78 is 0. The summed E-state index contributed by atoms with van der Waals surface area (Å²) in [5.74, 6) is 0.431. The predicted octanol–water partition coefficient (Wildman–Crippen LogP) is 4.28. The van der Waals surface area contributed by atoms with Crippen LogP contribution in [-0.2, 0) is 0 Å². The van der Waals surface area contributed by atoms with Crippen LogP contribution in [-0.4, -0.2) is 4.98 Å². The van der Waals surface area contributed by atoms with Gasteiger partial charge in [0.05, 0.1) is 0 Å². The molecule has 0 N–H and O–H groups in total. The van der Waals surface area contributed by atoms with Crippen LogP contribution in [0.2, 0.25) is 5.02 Å². The molecule has 0 saturated heterocycles. The third-order valence-electron chi connectivity index (χ3n) is 2.79. The van der Waals surface area contributed by atoms with Gasteiger partial charge in [-0.15, -0.1) is 0 Å². The van der Waals surface area contributed by atoms with Gasteiger partial charge in [-0.3, -0.25) is 4.98 Å². The van der Waals surface area contributed by atoms with Crippen molar-refractivity contribution in [2.24, 2.45) is 0 Å². The van der Waals surface area contributed by atoms with Crippen LogP contribution < -0.4 is 0 Å². The Bertz CT molecular complexity index is 436. The van der Waals surface area contributed by atoms with Crippen LogP contribution in [0.5, 0.6) is 0 Å². The number of pyridine rings is 1. The maximum atomic E-state index is 5.90. The molecular weight excluding hydrogens is 218 g/mol. The second kappa shape index (κ2) is 5.13. The highest BCUT2D eigenvalue weighted by molar-refractivity contribution is 6.30. The van der Waals surface area contributed by atoms with Crippen molar-refractivity contribution in [3.63, 3.8) is 0 Å². The Morgan fingerprint density at radius 2 is 1.56 bits per heavy atom. The lowest BCUT2D eigenvalue weighted by Gasteiger charge is -2.15. The lowest BCUT2D eigenvalue weighted by atomic mass is 9.90. The molecule has 0 amide bonds. The van der Waals surface area contributed by atoms with Crippen molar-refractivity contribution in [2.75, 3.05) is 0 Å². The summed E-state index contributed by atoms with van der Waals surface area (Å²) in [6.45, 7) is 2.19. The van der Waals surface area contributed by atoms with Crippen LogP contribution in [0.4, 0.5) is 0 Å². The summed E-state index contributed by atoms with van der Waals surface area (Å²) in [6, 6.07) is 12.2. The van der Waals surface area contributed by atoms with Gasteiger partial charge in [0.1, 0.15) is 0 Å². The summed E-state index contributed by atoms with van der Waals surface area (Å²) >= 11 is 5.90. The summed E-state index contributed by atoms with van der Waals surface area (Å²) in [5.41, 5.74) is 2.61. The Balaban J connectivity index is 2.33. The van der Waals surface area contributed by atoms with Gasteiger partial charge in [0.25, 0.3) is 0 Å². The van der Waals surface area contributed by atoms with Gasteiger partial charge in [0.2, 0.25) is 0 Å². The Morgan fingerprint density at radius 1 is 1.00 bits per heavy atom. The molecule has 0 aliphatic heterocycles. The number of aromatic nitrogens is 1. The van der Waals surface area contributed by atoms with Gasteiger partial charge in [-0.2, -0.15) is 0 Å². The van der Waals surface area contributed by atoms with E-state index in [4.69, 9.17) is 11.6 Å². The number of halogens is 1. The van der Waals surface area contributed by atoms with Crippen LogP contribution in [0.15, 0.2) is 48.8 Å². The number of benzene rings is 1. The van der Waals surface area contributed by atoms with E-state index in [-0.39, 0.29) is 0 Å². The summed E-state index contributed by atoms with van der Waals surface area (Å²) in [4.78, 5) is 4.05. The largest absolute Gasteiger partial charge is 0.265 e. The van der Waals surface area contributed by atoms with E-state index < -0.39 is 0 Å². The van der Waals surface area contributed by atoms with E-state index in [1.54, 1.807) is 0 Å². The summed E-state index contributed by atoms with van der Waals surface area (Å²) in [7, 11) is 0. The van der Waals surface area contributed by atoms with E-state index in [0.29, 0.717) is 5.92 Å². The van der Waals surface area contributed by atoms with E-state index in [2.05, 4.69) is 36.2 Å². The average Bonchev–Trinajstić information content (AvgIpc) is 2.34. The van der Waals surface area contributed by atoms with Gasteiger partial charge in [-0.1, -0.05) is 30.7 Å². The van der Waals surface area contributed by atoms with Gasteiger partial charge < -0.3 is 0 Å². The van der Waals surface area contributed by atoms with Crippen molar-refractivity contribution in [1.82, 2.24) is 4.98 Å². The molecule has 1 heterocycles. The molecule has 0 saturated carbocycles. The van der Waals surface area contributed by atoms with Crippen LogP contribution in [0.1, 0.15) is 30.4 Å². The fourth-order valence-corrected chi connectivity index (χ4v) is 2.08. The third-order valence-corrected chi connectivity index (χ3v) is 3.04. The second-order valence-electron chi connectivity index (χ2n) is 3.79. The zero-order chi connectivity index (χ0) is 11.4. The molecule has 0 spiro atoms. The van der Waals surface area contributed by atoms with Gasteiger partial charge in [-0.25, -0.2) is 0 Å². The maximum Gasteiger partial charge on any atom is 0.0406 e. The highest BCUT2D eigenvalue weighted by Crippen LogP contribution is 2.28. The van der Waals surface area contributed by atoms with Crippen LogP contribution in [0.25, 0.3) is 0 Å². The third kappa shape index (κ3) is 2.42. The highest BCUT2D eigenvalue weighted by Gasteiger charge is 2.11. The SMILES string of the molecule is CCC(c1ccncc1)c1ccc(Cl)cc1. The number of hydrogen-bond acceptors (Lipinski definition) is 1. The monoisotopic (exact) mass is 231 g/mol. The minimum Gasteiger partial charge on any atom is -0.265 e. The zero-order valence-electron chi connectivity index (χ0n) is 9.23. The first kappa shape index (κ1) is 11.2. The van der Waals surface area contributed by atoms with E-state index in [1.807, 2.05) is 24.5 Å². The Morgan fingerprint density at radius 3 is 2.12 bits per heavy atom. The number of nitrogens with zero attached hydrogens (tertiary/aromatic N) is 1. The van der Waals surface area contributed by atoms with Crippen molar-refractivity contribution < 1.29 is 0 Å². The molecule has 82 valence electrons. The van der Waals surface area contributed by atoms with Crippen molar-refractivity contribution >= 4 is 11.6 Å². The first-order valence-corrected chi connectivity index (χ1v) is 5.84. The van der Waals surface area contributed by atoms with Crippen LogP contribution >= 0.6 is 11.6 Å². The standard InChI is InChI=1S/C14H14ClN/c1-2-14(12-7-9-16-10-8-12)11-3-5-13(15)6-4-11/h3-10,14H,2H2,1H3. The average molecular weight is 232 g/mol. The topological polar surface area (TPSA) is 12.9 Å². The molecule has 2 heteroatoms. The Hall–Kier alpha value is -1.34.